The standard InChI is InChI=1S/C19H22N4O3/c1-11-9-18(24)26-17-10-14(5-6-15(11)17)20-19(25)23(4)8-7-16-12(2)21-22-13(16)3/h5-6,9-10H,7-8H2,1-4H3,(H,20,25)(H,21,22). The summed E-state index contributed by atoms with van der Waals surface area (Å²) in [7, 11) is 1.74. The average molecular weight is 354 g/mol. The number of anilines is 1. The van der Waals surface area contributed by atoms with Gasteiger partial charge in [0.25, 0.3) is 0 Å². The molecule has 0 atom stereocenters. The van der Waals surface area contributed by atoms with Crippen molar-refractivity contribution in [3.05, 3.63) is 57.2 Å². The summed E-state index contributed by atoms with van der Waals surface area (Å²) in [5, 5.41) is 10.8. The first-order valence-electron chi connectivity index (χ1n) is 8.42. The van der Waals surface area contributed by atoms with Gasteiger partial charge < -0.3 is 14.6 Å². The van der Waals surface area contributed by atoms with Crippen molar-refractivity contribution < 1.29 is 9.21 Å². The number of nitrogens with one attached hydrogen (secondary N) is 2. The SMILES string of the molecule is Cc1n[nH]c(C)c1CCN(C)C(=O)Nc1ccc2c(C)cc(=O)oc2c1. The van der Waals surface area contributed by atoms with Gasteiger partial charge in [0, 0.05) is 42.5 Å². The molecule has 0 bridgehead atoms. The van der Waals surface area contributed by atoms with Gasteiger partial charge in [0.2, 0.25) is 0 Å². The molecule has 0 saturated carbocycles. The molecule has 0 saturated heterocycles. The molecule has 1 aromatic carbocycles. The largest absolute Gasteiger partial charge is 0.423 e. The number of fused-ring (bicyclic) bond motifs is 1. The Labute approximate surface area is 151 Å². The number of benzene rings is 1. The molecule has 0 aliphatic heterocycles. The van der Waals surface area contributed by atoms with Gasteiger partial charge >= 0.3 is 11.7 Å². The zero-order valence-corrected chi connectivity index (χ0v) is 15.3. The Morgan fingerprint density at radius 1 is 1.27 bits per heavy atom. The van der Waals surface area contributed by atoms with Gasteiger partial charge in [-0.3, -0.25) is 5.10 Å². The molecule has 0 aliphatic carbocycles. The van der Waals surface area contributed by atoms with E-state index in [0.29, 0.717) is 17.8 Å². The maximum Gasteiger partial charge on any atom is 0.336 e. The van der Waals surface area contributed by atoms with Gasteiger partial charge in [0.05, 0.1) is 5.69 Å². The number of aromatic nitrogens is 2. The lowest BCUT2D eigenvalue weighted by molar-refractivity contribution is 0.223. The minimum absolute atomic E-state index is 0.224. The second kappa shape index (κ2) is 7.03. The maximum atomic E-state index is 12.4. The topological polar surface area (TPSA) is 91.2 Å². The summed E-state index contributed by atoms with van der Waals surface area (Å²) in [6.07, 6.45) is 0.726. The van der Waals surface area contributed by atoms with Gasteiger partial charge in [-0.25, -0.2) is 9.59 Å². The highest BCUT2D eigenvalue weighted by Gasteiger charge is 2.13. The normalized spacial score (nSPS) is 10.9. The summed E-state index contributed by atoms with van der Waals surface area (Å²) < 4.78 is 5.22. The fourth-order valence-corrected chi connectivity index (χ4v) is 2.95. The number of rotatable bonds is 4. The predicted molar refractivity (Wildman–Crippen MR) is 101 cm³/mol. The molecule has 7 heteroatoms. The number of carbonyl (C=O) groups is 1. The minimum Gasteiger partial charge on any atom is -0.423 e. The second-order valence-electron chi connectivity index (χ2n) is 6.47. The van der Waals surface area contributed by atoms with Gasteiger partial charge in [0.15, 0.2) is 0 Å². The van der Waals surface area contributed by atoms with Crippen LogP contribution in [0.2, 0.25) is 0 Å². The van der Waals surface area contributed by atoms with E-state index in [1.54, 1.807) is 24.1 Å². The van der Waals surface area contributed by atoms with Crippen LogP contribution < -0.4 is 10.9 Å². The highest BCUT2D eigenvalue weighted by atomic mass is 16.4. The van der Waals surface area contributed by atoms with Crippen molar-refractivity contribution in [1.29, 1.82) is 0 Å². The van der Waals surface area contributed by atoms with E-state index in [-0.39, 0.29) is 6.03 Å². The van der Waals surface area contributed by atoms with E-state index in [4.69, 9.17) is 4.42 Å². The Hall–Kier alpha value is -3.09. The van der Waals surface area contributed by atoms with E-state index < -0.39 is 5.63 Å². The Morgan fingerprint density at radius 2 is 2.04 bits per heavy atom. The molecule has 136 valence electrons. The smallest absolute Gasteiger partial charge is 0.336 e. The van der Waals surface area contributed by atoms with Gasteiger partial charge in [-0.15, -0.1) is 0 Å². The third-order valence-electron chi connectivity index (χ3n) is 4.53. The van der Waals surface area contributed by atoms with Crippen molar-refractivity contribution in [2.24, 2.45) is 0 Å². The Bertz CT molecular complexity index is 1000. The van der Waals surface area contributed by atoms with Crippen molar-refractivity contribution in [1.82, 2.24) is 15.1 Å². The van der Waals surface area contributed by atoms with Crippen LogP contribution in [0.25, 0.3) is 11.0 Å². The highest BCUT2D eigenvalue weighted by molar-refractivity contribution is 5.92. The fourth-order valence-electron chi connectivity index (χ4n) is 2.95. The average Bonchev–Trinajstić information content (AvgIpc) is 2.90. The number of hydrogen-bond acceptors (Lipinski definition) is 4. The minimum atomic E-state index is -0.401. The zero-order chi connectivity index (χ0) is 18.8. The quantitative estimate of drug-likeness (QED) is 0.704. The lowest BCUT2D eigenvalue weighted by Crippen LogP contribution is -2.33. The first-order chi connectivity index (χ1) is 12.3. The molecule has 2 aromatic heterocycles. The maximum absolute atomic E-state index is 12.4. The first-order valence-corrected chi connectivity index (χ1v) is 8.42. The summed E-state index contributed by atoms with van der Waals surface area (Å²) in [5.74, 6) is 0. The zero-order valence-electron chi connectivity index (χ0n) is 15.3. The predicted octanol–water partition coefficient (Wildman–Crippen LogP) is 3.15. The van der Waals surface area contributed by atoms with Gasteiger partial charge in [-0.05, 0) is 50.5 Å². The van der Waals surface area contributed by atoms with Crippen molar-refractivity contribution in [3.8, 4) is 0 Å². The number of nitrogens with zero attached hydrogens (tertiary/aromatic N) is 2. The lowest BCUT2D eigenvalue weighted by Gasteiger charge is -2.18. The van der Waals surface area contributed by atoms with Crippen LogP contribution in [0.1, 0.15) is 22.5 Å². The van der Waals surface area contributed by atoms with E-state index in [1.807, 2.05) is 26.8 Å². The number of aromatic amines is 1. The molecule has 0 aliphatic rings. The monoisotopic (exact) mass is 354 g/mol. The van der Waals surface area contributed by atoms with Crippen LogP contribution >= 0.6 is 0 Å². The summed E-state index contributed by atoms with van der Waals surface area (Å²) in [5.41, 5.74) is 4.59. The summed E-state index contributed by atoms with van der Waals surface area (Å²) in [4.78, 5) is 25.6. The van der Waals surface area contributed by atoms with Crippen molar-refractivity contribution in [3.63, 3.8) is 0 Å². The molecule has 0 fully saturated rings. The second-order valence-corrected chi connectivity index (χ2v) is 6.47. The number of hydrogen-bond donors (Lipinski definition) is 2. The summed E-state index contributed by atoms with van der Waals surface area (Å²) in [6, 6.07) is 6.53. The molecule has 2 heterocycles. The van der Waals surface area contributed by atoms with Crippen LogP contribution in [0.5, 0.6) is 0 Å². The highest BCUT2D eigenvalue weighted by Crippen LogP contribution is 2.21. The van der Waals surface area contributed by atoms with E-state index >= 15 is 0 Å². The van der Waals surface area contributed by atoms with Crippen molar-refractivity contribution in [2.45, 2.75) is 27.2 Å². The van der Waals surface area contributed by atoms with Crippen LogP contribution in [0.4, 0.5) is 10.5 Å². The van der Waals surface area contributed by atoms with Crippen LogP contribution in [-0.4, -0.2) is 34.7 Å². The Kier molecular flexibility index (Phi) is 4.79. The number of aryl methyl sites for hydroxylation is 3. The molecule has 3 aromatic rings. The van der Waals surface area contributed by atoms with E-state index in [9.17, 15) is 9.59 Å². The van der Waals surface area contributed by atoms with E-state index in [0.717, 1.165) is 34.3 Å². The number of carbonyl (C=O) groups excluding carboxylic acids is 1. The Morgan fingerprint density at radius 3 is 2.73 bits per heavy atom. The van der Waals surface area contributed by atoms with Crippen LogP contribution in [0, 0.1) is 20.8 Å². The molecule has 3 rings (SSSR count). The molecule has 0 radical (unpaired) electrons. The molecular formula is C19H22N4O3. The molecule has 0 unspecified atom stereocenters. The third kappa shape index (κ3) is 3.61. The van der Waals surface area contributed by atoms with Crippen LogP contribution in [0.15, 0.2) is 33.5 Å². The summed E-state index contributed by atoms with van der Waals surface area (Å²) >= 11 is 0. The number of likely N-dealkylation sites (N-methyl/N-ethyl adjacent to an activating group) is 1. The Balaban J connectivity index is 1.69. The summed E-state index contributed by atoms with van der Waals surface area (Å²) in [6.45, 7) is 6.34. The lowest BCUT2D eigenvalue weighted by atomic mass is 10.1. The van der Waals surface area contributed by atoms with Gasteiger partial charge in [0.1, 0.15) is 5.58 Å². The van der Waals surface area contributed by atoms with Crippen molar-refractivity contribution >= 4 is 22.7 Å². The molecule has 0 spiro atoms. The number of H-pyrrole nitrogens is 1. The molecule has 7 nitrogen and oxygen atoms in total. The van der Waals surface area contributed by atoms with Crippen LogP contribution in [0.3, 0.4) is 0 Å². The van der Waals surface area contributed by atoms with E-state index in [2.05, 4.69) is 15.5 Å². The fraction of sp³-hybridized carbons (Fsp3) is 0.316. The van der Waals surface area contributed by atoms with Gasteiger partial charge in [-0.1, -0.05) is 0 Å². The van der Waals surface area contributed by atoms with Crippen LogP contribution in [-0.2, 0) is 6.42 Å². The number of urea groups is 1. The van der Waals surface area contributed by atoms with Crippen molar-refractivity contribution in [2.75, 3.05) is 18.9 Å². The van der Waals surface area contributed by atoms with E-state index in [1.165, 1.54) is 6.07 Å². The molecule has 2 amide bonds. The molecular weight excluding hydrogens is 332 g/mol. The molecule has 2 N–H and O–H groups in total. The molecule has 26 heavy (non-hydrogen) atoms. The van der Waals surface area contributed by atoms with Gasteiger partial charge in [-0.2, -0.15) is 5.10 Å². The third-order valence-corrected chi connectivity index (χ3v) is 4.53. The number of amides is 2. The first kappa shape index (κ1) is 17.7.